The zero-order valence-corrected chi connectivity index (χ0v) is 22.8. The molecule has 0 aliphatic rings. The summed E-state index contributed by atoms with van der Waals surface area (Å²) in [5.74, 6) is 0.540. The molecule has 0 fully saturated rings. The number of alkyl halides is 1. The number of rotatable bonds is 10. The largest absolute Gasteiger partial charge is 0.469 e. The Morgan fingerprint density at radius 1 is 0.731 bits per heavy atom. The molecular weight excluding hydrogens is 412 g/mol. The predicted molar refractivity (Wildman–Crippen MR) is 124 cm³/mol. The molecule has 0 aromatic heterocycles. The quantitative estimate of drug-likeness (QED) is 0.303. The lowest BCUT2D eigenvalue weighted by molar-refractivity contribution is 0.252. The van der Waals surface area contributed by atoms with Gasteiger partial charge >= 0.3 is 8.80 Å². The maximum atomic E-state index is 6.73. The Labute approximate surface area is 170 Å². The molecule has 8 heteroatoms. The molecule has 3 nitrogen and oxygen atoms in total. The van der Waals surface area contributed by atoms with Crippen LogP contribution in [-0.4, -0.2) is 33.8 Å². The molecule has 150 valence electrons. The van der Waals surface area contributed by atoms with E-state index in [-0.39, 0.29) is 0 Å². The van der Waals surface area contributed by atoms with Gasteiger partial charge in [-0.2, -0.15) is 0 Å². The third-order valence-corrected chi connectivity index (χ3v) is 15.5. The van der Waals surface area contributed by atoms with Crippen LogP contribution in [0.3, 0.4) is 0 Å². The van der Waals surface area contributed by atoms with Crippen molar-refractivity contribution in [2.45, 2.75) is 77.3 Å². The van der Waals surface area contributed by atoms with Crippen LogP contribution in [0.4, 0.5) is 0 Å². The van der Waals surface area contributed by atoms with Crippen LogP contribution >= 0.6 is 11.6 Å². The van der Waals surface area contributed by atoms with Gasteiger partial charge in [-0.15, -0.1) is 11.6 Å². The van der Waals surface area contributed by atoms with Crippen LogP contribution in [0.1, 0.15) is 11.1 Å². The molecule has 26 heavy (non-hydrogen) atoms. The lowest BCUT2D eigenvalue weighted by Gasteiger charge is -2.43. The highest BCUT2D eigenvalue weighted by atomic mass is 35.5. The first-order chi connectivity index (χ1) is 11.6. The first-order valence-corrected chi connectivity index (χ1v) is 22.1. The minimum atomic E-state index is -2.76. The smallest absolute Gasteiger partial charge is 0.417 e. The fourth-order valence-electron chi connectivity index (χ4n) is 2.78. The molecule has 0 bridgehead atoms. The first-order valence-electron chi connectivity index (χ1n) is 9.37. The van der Waals surface area contributed by atoms with E-state index < -0.39 is 33.8 Å². The zero-order chi connectivity index (χ0) is 20.2. The molecule has 0 unspecified atom stereocenters. The van der Waals surface area contributed by atoms with E-state index in [0.29, 0.717) is 5.88 Å². The van der Waals surface area contributed by atoms with Gasteiger partial charge in [0, 0.05) is 11.9 Å². The number of hydrogen-bond acceptors (Lipinski definition) is 3. The van der Waals surface area contributed by atoms with E-state index in [9.17, 15) is 0 Å². The van der Waals surface area contributed by atoms with Crippen LogP contribution in [0.25, 0.3) is 0 Å². The topological polar surface area (TPSA) is 27.7 Å². The third-order valence-electron chi connectivity index (χ3n) is 3.25. The van der Waals surface area contributed by atoms with Gasteiger partial charge in [0.15, 0.2) is 25.0 Å². The van der Waals surface area contributed by atoms with Gasteiger partial charge in [-0.1, -0.05) is 24.3 Å². The van der Waals surface area contributed by atoms with E-state index in [1.807, 2.05) is 0 Å². The molecule has 0 aliphatic carbocycles. The summed E-state index contributed by atoms with van der Waals surface area (Å²) in [6, 6.07) is 9.32. The van der Waals surface area contributed by atoms with E-state index in [4.69, 9.17) is 23.9 Å². The summed E-state index contributed by atoms with van der Waals surface area (Å²) in [4.78, 5) is 0. The molecule has 1 aromatic rings. The lowest BCUT2D eigenvalue weighted by atomic mass is 10.1. The molecule has 1 aromatic carbocycles. The molecular formula is C18H37ClO3Si4. The molecule has 0 atom stereocenters. The molecule has 0 heterocycles. The van der Waals surface area contributed by atoms with E-state index >= 15 is 0 Å². The van der Waals surface area contributed by atoms with Gasteiger partial charge in [0.2, 0.25) is 0 Å². The van der Waals surface area contributed by atoms with Crippen molar-refractivity contribution >= 4 is 45.4 Å². The summed E-state index contributed by atoms with van der Waals surface area (Å²) in [7, 11) is -8.20. The van der Waals surface area contributed by atoms with Crippen LogP contribution in [0.5, 0.6) is 0 Å². The highest BCUT2D eigenvalue weighted by Gasteiger charge is 2.49. The number of benzene rings is 1. The minimum Gasteiger partial charge on any atom is -0.417 e. The lowest BCUT2D eigenvalue weighted by Crippen LogP contribution is -2.60. The highest BCUT2D eigenvalue weighted by Crippen LogP contribution is 2.30. The van der Waals surface area contributed by atoms with Gasteiger partial charge in [-0.3, -0.25) is 0 Å². The van der Waals surface area contributed by atoms with E-state index in [2.05, 4.69) is 83.2 Å². The maximum Gasteiger partial charge on any atom is 0.469 e. The Morgan fingerprint density at radius 3 is 1.54 bits per heavy atom. The zero-order valence-electron chi connectivity index (χ0n) is 18.0. The van der Waals surface area contributed by atoms with Crippen LogP contribution < -0.4 is 0 Å². The second kappa shape index (κ2) is 9.17. The van der Waals surface area contributed by atoms with Crippen molar-refractivity contribution in [1.82, 2.24) is 0 Å². The summed E-state index contributed by atoms with van der Waals surface area (Å²) in [5, 5.41) is 0. The molecule has 1 rings (SSSR count). The van der Waals surface area contributed by atoms with Gasteiger partial charge in [0.25, 0.3) is 0 Å². The van der Waals surface area contributed by atoms with Gasteiger partial charge in [-0.05, 0) is 76.5 Å². The van der Waals surface area contributed by atoms with E-state index in [1.165, 1.54) is 5.56 Å². The Kier molecular flexibility index (Phi) is 8.57. The maximum absolute atomic E-state index is 6.73. The molecule has 0 amide bonds. The second-order valence-electron chi connectivity index (χ2n) is 9.78. The fourth-order valence-corrected chi connectivity index (χ4v) is 17.6. The van der Waals surface area contributed by atoms with Crippen LogP contribution in [0, 0.1) is 0 Å². The van der Waals surface area contributed by atoms with E-state index in [1.54, 1.807) is 0 Å². The van der Waals surface area contributed by atoms with Gasteiger partial charge in [-0.25, -0.2) is 0 Å². The monoisotopic (exact) mass is 448 g/mol. The highest BCUT2D eigenvalue weighted by molar-refractivity contribution is 6.90. The summed E-state index contributed by atoms with van der Waals surface area (Å²) in [6.07, 6.45) is 0.899. The van der Waals surface area contributed by atoms with Crippen LogP contribution in [0.2, 0.25) is 65.0 Å². The Hall–Kier alpha value is 0.258. The Morgan fingerprint density at radius 2 is 1.15 bits per heavy atom. The predicted octanol–water partition coefficient (Wildman–Crippen LogP) is 6.46. The fraction of sp³-hybridized carbons (Fsp3) is 0.667. The van der Waals surface area contributed by atoms with Gasteiger partial charge < -0.3 is 12.3 Å². The van der Waals surface area contributed by atoms with Crippen molar-refractivity contribution in [3.05, 3.63) is 35.4 Å². The molecule has 0 radical (unpaired) electrons. The molecule has 0 N–H and O–H groups in total. The number of hydrogen-bond donors (Lipinski definition) is 0. The third kappa shape index (κ3) is 9.98. The van der Waals surface area contributed by atoms with E-state index in [0.717, 1.165) is 18.0 Å². The molecule has 0 spiro atoms. The second-order valence-corrected chi connectivity index (χ2v) is 27.0. The summed E-state index contributed by atoms with van der Waals surface area (Å²) in [5.41, 5.74) is 2.43. The molecule has 0 aliphatic heterocycles. The standard InChI is InChI=1S/C18H37ClO3Si4/c1-23(2,3)20-26(21-24(4,5)6,22-25(7,8)9)14-13-17-11-10-12-18(15-17)16-19/h10-12,15H,13-14,16H2,1-9H3. The van der Waals surface area contributed by atoms with Crippen molar-refractivity contribution in [3.63, 3.8) is 0 Å². The summed E-state index contributed by atoms with van der Waals surface area (Å²) < 4.78 is 20.2. The average Bonchev–Trinajstić information content (AvgIpc) is 2.39. The van der Waals surface area contributed by atoms with Gasteiger partial charge in [0.1, 0.15) is 0 Å². The number of halogens is 1. The van der Waals surface area contributed by atoms with Crippen LogP contribution in [-0.2, 0) is 24.6 Å². The normalized spacial score (nSPS) is 13.9. The SMILES string of the molecule is C[Si](C)(C)O[Si](CCc1cccc(CCl)c1)(O[Si](C)(C)C)O[Si](C)(C)C. The van der Waals surface area contributed by atoms with Crippen molar-refractivity contribution < 1.29 is 12.3 Å². The number of aryl methyl sites for hydroxylation is 1. The summed E-state index contributed by atoms with van der Waals surface area (Å²) >= 11 is 6.00. The van der Waals surface area contributed by atoms with Crippen LogP contribution in [0.15, 0.2) is 24.3 Å². The Bertz CT molecular complexity index is 536. The average molecular weight is 449 g/mol. The van der Waals surface area contributed by atoms with Crippen molar-refractivity contribution in [2.75, 3.05) is 0 Å². The van der Waals surface area contributed by atoms with Crippen molar-refractivity contribution in [3.8, 4) is 0 Å². The molecule has 0 saturated heterocycles. The molecule has 0 saturated carbocycles. The minimum absolute atomic E-state index is 0.540. The van der Waals surface area contributed by atoms with Crippen molar-refractivity contribution in [1.29, 1.82) is 0 Å². The summed E-state index contributed by atoms with van der Waals surface area (Å²) in [6.45, 7) is 20.0. The van der Waals surface area contributed by atoms with Gasteiger partial charge in [0.05, 0.1) is 0 Å². The van der Waals surface area contributed by atoms with Crippen molar-refractivity contribution in [2.24, 2.45) is 0 Å². The Balaban J connectivity index is 3.16. The first kappa shape index (κ1) is 24.3.